The fraction of sp³-hybridized carbons (Fsp3) is 0.423. The topological polar surface area (TPSA) is 171 Å². The second-order valence-corrected chi connectivity index (χ2v) is 9.01. The maximum atomic E-state index is 13.0. The predicted molar refractivity (Wildman–Crippen MR) is 142 cm³/mol. The molecule has 3 rings (SSSR count). The van der Waals surface area contributed by atoms with E-state index >= 15 is 0 Å². The minimum atomic E-state index is -1.55. The number of amides is 2. The number of anilines is 2. The van der Waals surface area contributed by atoms with E-state index in [1.54, 1.807) is 63.5 Å². The first kappa shape index (κ1) is 31.3. The summed E-state index contributed by atoms with van der Waals surface area (Å²) >= 11 is 6.17. The van der Waals surface area contributed by atoms with Crippen LogP contribution in [0.2, 0.25) is 5.02 Å². The van der Waals surface area contributed by atoms with Crippen LogP contribution in [-0.2, 0) is 9.59 Å². The molecule has 0 saturated heterocycles. The molecule has 5 atom stereocenters. The van der Waals surface area contributed by atoms with Gasteiger partial charge in [-0.2, -0.15) is 0 Å². The quantitative estimate of drug-likeness (QED) is 0.231. The number of hydrogen-bond donors (Lipinski definition) is 6. The fourth-order valence-electron chi connectivity index (χ4n) is 3.95. The maximum Gasteiger partial charge on any atom is 0.247 e. The van der Waals surface area contributed by atoms with Gasteiger partial charge in [-0.15, -0.1) is 0 Å². The first-order valence-electron chi connectivity index (χ1n) is 12.0. The van der Waals surface area contributed by atoms with Crippen LogP contribution in [0.4, 0.5) is 11.4 Å². The number of Topliss-reactive ketones (excluding diaryl/α,β-unsaturated/α-hetero) is 1. The highest BCUT2D eigenvalue weighted by Gasteiger charge is 2.45. The molecule has 1 unspecified atom stereocenters. The number of rotatable bonds is 9. The van der Waals surface area contributed by atoms with Gasteiger partial charge in [0.05, 0.1) is 29.0 Å². The van der Waals surface area contributed by atoms with Crippen LogP contribution < -0.4 is 15.1 Å². The van der Waals surface area contributed by atoms with E-state index in [4.69, 9.17) is 32.0 Å². The van der Waals surface area contributed by atoms with E-state index in [1.165, 1.54) is 9.80 Å². The number of fused-ring (bicyclic) bond motifs is 1. The van der Waals surface area contributed by atoms with E-state index in [-0.39, 0.29) is 17.1 Å². The molecule has 2 aromatic rings. The Kier molecular flexibility index (Phi) is 11.8. The Labute approximate surface area is 225 Å². The van der Waals surface area contributed by atoms with Gasteiger partial charge in [0.15, 0.2) is 11.7 Å². The Morgan fingerprint density at radius 2 is 1.63 bits per heavy atom. The number of ketones is 1. The van der Waals surface area contributed by atoms with Gasteiger partial charge in [-0.3, -0.25) is 14.4 Å². The number of nitrogens with zero attached hydrogens (tertiary/aromatic N) is 2. The third-order valence-electron chi connectivity index (χ3n) is 6.07. The van der Waals surface area contributed by atoms with Crippen molar-refractivity contribution in [2.24, 2.45) is 5.92 Å². The number of aliphatic hydroxyl groups is 5. The van der Waals surface area contributed by atoms with Crippen LogP contribution in [0, 0.1) is 5.92 Å². The Morgan fingerprint density at radius 3 is 2.18 bits per heavy atom. The molecule has 1 aliphatic heterocycles. The zero-order valence-corrected chi connectivity index (χ0v) is 22.1. The van der Waals surface area contributed by atoms with E-state index in [0.29, 0.717) is 17.9 Å². The Hall–Kier alpha value is -2.90. The van der Waals surface area contributed by atoms with Crippen molar-refractivity contribution in [1.82, 2.24) is 5.32 Å². The summed E-state index contributed by atoms with van der Waals surface area (Å²) in [7, 11) is 3.12. The molecule has 11 nitrogen and oxygen atoms in total. The van der Waals surface area contributed by atoms with Gasteiger partial charge in [-0.25, -0.2) is 0 Å². The molecule has 2 amide bonds. The molecule has 0 fully saturated rings. The molecular formula is C26H34ClN3O8. The van der Waals surface area contributed by atoms with Crippen LogP contribution in [0.5, 0.6) is 0 Å². The average Bonchev–Trinajstić information content (AvgIpc) is 2.92. The van der Waals surface area contributed by atoms with Crippen molar-refractivity contribution in [3.05, 3.63) is 59.1 Å². The highest BCUT2D eigenvalue weighted by atomic mass is 35.5. The zero-order chi connectivity index (χ0) is 28.6. The Bertz CT molecular complexity index is 1100. The lowest BCUT2D eigenvalue weighted by Crippen LogP contribution is -2.51. The number of aliphatic hydroxyl groups excluding tert-OH is 5. The maximum absolute atomic E-state index is 13.0. The predicted octanol–water partition coefficient (Wildman–Crippen LogP) is -0.190. The normalized spacial score (nSPS) is 18.0. The summed E-state index contributed by atoms with van der Waals surface area (Å²) in [5.74, 6) is -3.05. The van der Waals surface area contributed by atoms with Gasteiger partial charge in [0.1, 0.15) is 18.3 Å². The van der Waals surface area contributed by atoms with Gasteiger partial charge < -0.3 is 40.6 Å². The summed E-state index contributed by atoms with van der Waals surface area (Å²) < 4.78 is 0. The lowest BCUT2D eigenvalue weighted by atomic mass is 9.89. The monoisotopic (exact) mass is 551 g/mol. The number of carbonyl (C=O) groups is 3. The molecule has 1 heterocycles. The number of hydrogen-bond acceptors (Lipinski definition) is 9. The number of halogens is 1. The summed E-state index contributed by atoms with van der Waals surface area (Å²) in [5, 5.41) is 47.7. The van der Waals surface area contributed by atoms with Gasteiger partial charge in [0.2, 0.25) is 11.8 Å². The summed E-state index contributed by atoms with van der Waals surface area (Å²) in [6, 6.07) is 13.9. The van der Waals surface area contributed by atoms with E-state index in [1.807, 2.05) is 6.07 Å². The van der Waals surface area contributed by atoms with Crippen LogP contribution in [-0.4, -0.2) is 101 Å². The molecule has 0 radical (unpaired) electrons. The van der Waals surface area contributed by atoms with Crippen molar-refractivity contribution in [2.45, 2.75) is 31.3 Å². The molecular weight excluding hydrogens is 518 g/mol. The van der Waals surface area contributed by atoms with Crippen LogP contribution in [0.1, 0.15) is 17.3 Å². The molecule has 0 bridgehead atoms. The second kappa shape index (κ2) is 14.3. The fourth-order valence-corrected chi connectivity index (χ4v) is 4.21. The molecule has 12 heteroatoms. The van der Waals surface area contributed by atoms with Gasteiger partial charge in [0, 0.05) is 25.8 Å². The van der Waals surface area contributed by atoms with Crippen molar-refractivity contribution < 1.29 is 39.9 Å². The number of carbonyl (C=O) groups excluding carboxylic acids is 3. The van der Waals surface area contributed by atoms with Gasteiger partial charge in [0.25, 0.3) is 0 Å². The molecule has 6 N–H and O–H groups in total. The molecule has 0 aromatic heterocycles. The van der Waals surface area contributed by atoms with E-state index < -0.39 is 54.5 Å². The first-order chi connectivity index (χ1) is 18.0. The third-order valence-corrected chi connectivity index (χ3v) is 6.39. The minimum absolute atomic E-state index is 0.0936. The van der Waals surface area contributed by atoms with Crippen molar-refractivity contribution in [3.63, 3.8) is 0 Å². The van der Waals surface area contributed by atoms with Gasteiger partial charge in [-0.05, 0) is 38.2 Å². The molecule has 0 aliphatic carbocycles. The van der Waals surface area contributed by atoms with Crippen LogP contribution in [0.15, 0.2) is 48.5 Å². The zero-order valence-electron chi connectivity index (χ0n) is 21.4. The van der Waals surface area contributed by atoms with Crippen molar-refractivity contribution in [2.75, 3.05) is 43.6 Å². The second-order valence-electron chi connectivity index (χ2n) is 8.60. The van der Waals surface area contributed by atoms with Crippen LogP contribution in [0.3, 0.4) is 0 Å². The van der Waals surface area contributed by atoms with Gasteiger partial charge >= 0.3 is 0 Å². The van der Waals surface area contributed by atoms with Crippen molar-refractivity contribution in [1.29, 1.82) is 0 Å². The standard InChI is InChI=1S/C19H17ClN2O3.C7H17NO5/c1-3-22(12-8-5-4-6-9-12)19(25)16-17(23)15-13(20)10-7-11-14(15)21(2)18(16)24;1-8-2-4(10)6(12)7(13)5(11)3-9/h4-11,16H,3H2,1-2H3;4-13H,2-3H2,1H3/t;4-,5+,6+,7+/m.0/s1. The van der Waals surface area contributed by atoms with Crippen LogP contribution in [0.25, 0.3) is 0 Å². The lowest BCUT2D eigenvalue weighted by molar-refractivity contribution is -0.130. The molecule has 1 aliphatic rings. The minimum Gasteiger partial charge on any atom is -0.394 e. The number of likely N-dealkylation sites (N-methyl/N-ethyl adjacent to an activating group) is 1. The third kappa shape index (κ3) is 6.94. The highest BCUT2D eigenvalue weighted by Crippen LogP contribution is 2.35. The molecule has 38 heavy (non-hydrogen) atoms. The highest BCUT2D eigenvalue weighted by molar-refractivity contribution is 6.40. The average molecular weight is 552 g/mol. The van der Waals surface area contributed by atoms with E-state index in [0.717, 1.165) is 0 Å². The smallest absolute Gasteiger partial charge is 0.247 e. The Morgan fingerprint density at radius 1 is 1.03 bits per heavy atom. The van der Waals surface area contributed by atoms with Gasteiger partial charge in [-0.1, -0.05) is 35.9 Å². The first-order valence-corrected chi connectivity index (χ1v) is 12.3. The van der Waals surface area contributed by atoms with E-state index in [9.17, 15) is 19.5 Å². The summed E-state index contributed by atoms with van der Waals surface area (Å²) in [6.45, 7) is 1.58. The molecule has 0 saturated carbocycles. The molecule has 0 spiro atoms. The number of nitrogens with one attached hydrogen (secondary N) is 1. The molecule has 208 valence electrons. The molecule has 2 aromatic carbocycles. The summed E-state index contributed by atoms with van der Waals surface area (Å²) in [6.07, 6.45) is -5.65. The Balaban J connectivity index is 0.000000332. The van der Waals surface area contributed by atoms with E-state index in [2.05, 4.69) is 5.32 Å². The lowest BCUT2D eigenvalue weighted by Gasteiger charge is -2.33. The summed E-state index contributed by atoms with van der Waals surface area (Å²) in [4.78, 5) is 41.4. The summed E-state index contributed by atoms with van der Waals surface area (Å²) in [5.41, 5.74) is 1.28. The number of benzene rings is 2. The van der Waals surface area contributed by atoms with Crippen molar-refractivity contribution in [3.8, 4) is 0 Å². The largest absolute Gasteiger partial charge is 0.394 e. The van der Waals surface area contributed by atoms with Crippen molar-refractivity contribution >= 4 is 40.6 Å². The SMILES string of the molecule is CCN(C(=O)C1C(=O)c2c(Cl)cccc2N(C)C1=O)c1ccccc1.CNC[C@H](O)[C@@H](O)[C@H](O)[C@H](O)CO. The van der Waals surface area contributed by atoms with Crippen LogP contribution >= 0.6 is 11.6 Å². The number of para-hydroxylation sites is 1.